The zero-order chi connectivity index (χ0) is 10.6. The van der Waals surface area contributed by atoms with Crippen molar-refractivity contribution in [1.29, 1.82) is 0 Å². The number of ether oxygens (including phenoxy) is 1. The summed E-state index contributed by atoms with van der Waals surface area (Å²) in [7, 11) is 1.62. The molecule has 3 nitrogen and oxygen atoms in total. The minimum Gasteiger partial charge on any atom is -0.496 e. The molecule has 0 radical (unpaired) electrons. The number of carbonyl (C=O) groups is 1. The van der Waals surface area contributed by atoms with Crippen LogP contribution in [-0.2, 0) is 4.79 Å². The van der Waals surface area contributed by atoms with Gasteiger partial charge in [-0.05, 0) is 40.5 Å². The van der Waals surface area contributed by atoms with Gasteiger partial charge in [-0.15, -0.1) is 0 Å². The standard InChI is InChI=1S/C10H12BrNO2/c1-7(12-6-13)8-3-4-10(14-2)9(11)5-8/h3-7H,1-2H3,(H,12,13). The van der Waals surface area contributed by atoms with E-state index in [2.05, 4.69) is 21.2 Å². The van der Waals surface area contributed by atoms with E-state index < -0.39 is 0 Å². The van der Waals surface area contributed by atoms with E-state index in [1.807, 2.05) is 25.1 Å². The Balaban J connectivity index is 2.90. The van der Waals surface area contributed by atoms with Gasteiger partial charge in [-0.3, -0.25) is 4.79 Å². The van der Waals surface area contributed by atoms with E-state index in [0.29, 0.717) is 6.41 Å². The lowest BCUT2D eigenvalue weighted by Gasteiger charge is -2.12. The number of hydrogen-bond acceptors (Lipinski definition) is 2. The van der Waals surface area contributed by atoms with Gasteiger partial charge in [0.1, 0.15) is 5.75 Å². The Bertz CT molecular complexity index is 328. The molecule has 0 spiro atoms. The lowest BCUT2D eigenvalue weighted by molar-refractivity contribution is -0.110. The first-order valence-electron chi connectivity index (χ1n) is 4.22. The molecule has 0 bridgehead atoms. The van der Waals surface area contributed by atoms with E-state index in [4.69, 9.17) is 4.74 Å². The summed E-state index contributed by atoms with van der Waals surface area (Å²) in [5, 5.41) is 2.68. The highest BCUT2D eigenvalue weighted by atomic mass is 79.9. The molecule has 0 heterocycles. The maximum Gasteiger partial charge on any atom is 0.207 e. The minimum atomic E-state index is 0.00899. The number of rotatable bonds is 4. The van der Waals surface area contributed by atoms with Crippen molar-refractivity contribution in [1.82, 2.24) is 5.32 Å². The molecule has 1 aromatic rings. The number of benzene rings is 1. The van der Waals surface area contributed by atoms with Crippen LogP contribution in [0.25, 0.3) is 0 Å². The Hall–Kier alpha value is -1.03. The molecule has 1 N–H and O–H groups in total. The summed E-state index contributed by atoms with van der Waals surface area (Å²) in [6, 6.07) is 5.72. The molecule has 4 heteroatoms. The van der Waals surface area contributed by atoms with E-state index in [1.54, 1.807) is 7.11 Å². The highest BCUT2D eigenvalue weighted by Gasteiger charge is 2.06. The monoisotopic (exact) mass is 257 g/mol. The van der Waals surface area contributed by atoms with Crippen LogP contribution in [0.1, 0.15) is 18.5 Å². The SMILES string of the molecule is COc1ccc(C(C)NC=O)cc1Br. The van der Waals surface area contributed by atoms with Gasteiger partial charge in [0.15, 0.2) is 0 Å². The van der Waals surface area contributed by atoms with Crippen LogP contribution in [0.5, 0.6) is 5.75 Å². The molecule has 0 aliphatic carbocycles. The average Bonchev–Trinajstić information content (AvgIpc) is 2.18. The topological polar surface area (TPSA) is 38.3 Å². The lowest BCUT2D eigenvalue weighted by Crippen LogP contribution is -2.15. The molecule has 1 unspecified atom stereocenters. The Morgan fingerprint density at radius 1 is 1.57 bits per heavy atom. The van der Waals surface area contributed by atoms with E-state index in [-0.39, 0.29) is 6.04 Å². The van der Waals surface area contributed by atoms with Gasteiger partial charge in [-0.1, -0.05) is 6.07 Å². The van der Waals surface area contributed by atoms with Crippen LogP contribution in [0.4, 0.5) is 0 Å². The third-order valence-electron chi connectivity index (χ3n) is 1.99. The van der Waals surface area contributed by atoms with Crippen molar-refractivity contribution in [3.05, 3.63) is 28.2 Å². The maximum absolute atomic E-state index is 10.2. The Kier molecular flexibility index (Phi) is 3.95. The third kappa shape index (κ3) is 2.48. The predicted molar refractivity (Wildman–Crippen MR) is 58.3 cm³/mol. The van der Waals surface area contributed by atoms with Crippen molar-refractivity contribution >= 4 is 22.3 Å². The van der Waals surface area contributed by atoms with Gasteiger partial charge in [-0.2, -0.15) is 0 Å². The van der Waals surface area contributed by atoms with E-state index in [0.717, 1.165) is 15.8 Å². The summed E-state index contributed by atoms with van der Waals surface area (Å²) in [6.45, 7) is 1.92. The first-order valence-corrected chi connectivity index (χ1v) is 5.01. The zero-order valence-electron chi connectivity index (χ0n) is 8.08. The fourth-order valence-electron chi connectivity index (χ4n) is 1.15. The molecule has 1 atom stereocenters. The largest absolute Gasteiger partial charge is 0.496 e. The highest BCUT2D eigenvalue weighted by molar-refractivity contribution is 9.10. The second-order valence-electron chi connectivity index (χ2n) is 2.90. The van der Waals surface area contributed by atoms with Crippen LogP contribution in [0.15, 0.2) is 22.7 Å². The predicted octanol–water partition coefficient (Wildman–Crippen LogP) is 2.26. The first kappa shape index (κ1) is 11.0. The highest BCUT2D eigenvalue weighted by Crippen LogP contribution is 2.27. The average molecular weight is 258 g/mol. The molecule has 76 valence electrons. The van der Waals surface area contributed by atoms with Crippen LogP contribution < -0.4 is 10.1 Å². The Morgan fingerprint density at radius 3 is 2.79 bits per heavy atom. The summed E-state index contributed by atoms with van der Waals surface area (Å²) in [4.78, 5) is 10.2. The van der Waals surface area contributed by atoms with E-state index in [9.17, 15) is 4.79 Å². The molecular formula is C10H12BrNO2. The van der Waals surface area contributed by atoms with Gasteiger partial charge in [-0.25, -0.2) is 0 Å². The summed E-state index contributed by atoms with van der Waals surface area (Å²) < 4.78 is 5.99. The zero-order valence-corrected chi connectivity index (χ0v) is 9.67. The van der Waals surface area contributed by atoms with Crippen molar-refractivity contribution < 1.29 is 9.53 Å². The molecule has 0 saturated carbocycles. The molecule has 0 aliphatic rings. The summed E-state index contributed by atoms with van der Waals surface area (Å²) in [5.74, 6) is 0.784. The molecule has 0 aliphatic heterocycles. The van der Waals surface area contributed by atoms with Crippen LogP contribution in [-0.4, -0.2) is 13.5 Å². The van der Waals surface area contributed by atoms with E-state index in [1.165, 1.54) is 0 Å². The summed E-state index contributed by atoms with van der Waals surface area (Å²) in [6.07, 6.45) is 0.697. The maximum atomic E-state index is 10.2. The van der Waals surface area contributed by atoms with Crippen LogP contribution in [0.2, 0.25) is 0 Å². The Labute approximate surface area is 91.6 Å². The van der Waals surface area contributed by atoms with Crippen molar-refractivity contribution in [2.75, 3.05) is 7.11 Å². The smallest absolute Gasteiger partial charge is 0.207 e. The normalized spacial score (nSPS) is 11.9. The van der Waals surface area contributed by atoms with Crippen molar-refractivity contribution in [3.8, 4) is 5.75 Å². The van der Waals surface area contributed by atoms with Gasteiger partial charge >= 0.3 is 0 Å². The number of amides is 1. The fraction of sp³-hybridized carbons (Fsp3) is 0.300. The molecule has 1 aromatic carbocycles. The summed E-state index contributed by atoms with van der Waals surface area (Å²) in [5.41, 5.74) is 1.03. The third-order valence-corrected chi connectivity index (χ3v) is 2.61. The number of carbonyl (C=O) groups excluding carboxylic acids is 1. The number of hydrogen-bond donors (Lipinski definition) is 1. The Morgan fingerprint density at radius 2 is 2.29 bits per heavy atom. The van der Waals surface area contributed by atoms with Crippen molar-refractivity contribution in [2.45, 2.75) is 13.0 Å². The molecule has 0 saturated heterocycles. The van der Waals surface area contributed by atoms with Crippen LogP contribution in [0.3, 0.4) is 0 Å². The summed E-state index contributed by atoms with van der Waals surface area (Å²) >= 11 is 3.39. The molecule has 14 heavy (non-hydrogen) atoms. The molecular weight excluding hydrogens is 246 g/mol. The van der Waals surface area contributed by atoms with Gasteiger partial charge in [0.25, 0.3) is 0 Å². The molecule has 1 rings (SSSR count). The number of halogens is 1. The molecule has 1 amide bonds. The van der Waals surface area contributed by atoms with Gasteiger partial charge < -0.3 is 10.1 Å². The minimum absolute atomic E-state index is 0.00899. The fourth-order valence-corrected chi connectivity index (χ4v) is 1.71. The van der Waals surface area contributed by atoms with Crippen LogP contribution >= 0.6 is 15.9 Å². The first-order chi connectivity index (χ1) is 6.69. The second kappa shape index (κ2) is 5.00. The lowest BCUT2D eigenvalue weighted by atomic mass is 10.1. The van der Waals surface area contributed by atoms with E-state index >= 15 is 0 Å². The van der Waals surface area contributed by atoms with Crippen molar-refractivity contribution in [2.24, 2.45) is 0 Å². The van der Waals surface area contributed by atoms with Gasteiger partial charge in [0.2, 0.25) is 6.41 Å². The second-order valence-corrected chi connectivity index (χ2v) is 3.75. The molecule has 0 aromatic heterocycles. The number of methoxy groups -OCH3 is 1. The van der Waals surface area contributed by atoms with Crippen LogP contribution in [0, 0.1) is 0 Å². The molecule has 0 fully saturated rings. The van der Waals surface area contributed by atoms with Gasteiger partial charge in [0.05, 0.1) is 17.6 Å². The van der Waals surface area contributed by atoms with Crippen molar-refractivity contribution in [3.63, 3.8) is 0 Å². The van der Waals surface area contributed by atoms with Gasteiger partial charge in [0, 0.05) is 0 Å². The number of nitrogens with one attached hydrogen (secondary N) is 1. The quantitative estimate of drug-likeness (QED) is 0.841.